The molecule has 0 aromatic carbocycles. The van der Waals surface area contributed by atoms with Gasteiger partial charge in [0.1, 0.15) is 13.2 Å². The van der Waals surface area contributed by atoms with Gasteiger partial charge in [0.05, 0.1) is 0 Å². The molecular formula is C59H108O6. The molecule has 6 nitrogen and oxygen atoms in total. The molecule has 0 heterocycles. The fourth-order valence-corrected chi connectivity index (χ4v) is 8.33. The molecule has 0 saturated carbocycles. The van der Waals surface area contributed by atoms with Crippen molar-refractivity contribution in [2.24, 2.45) is 0 Å². The number of hydrogen-bond acceptors (Lipinski definition) is 6. The maximum Gasteiger partial charge on any atom is 0.306 e. The highest BCUT2D eigenvalue weighted by atomic mass is 16.6. The summed E-state index contributed by atoms with van der Waals surface area (Å²) in [6.45, 7) is 6.57. The van der Waals surface area contributed by atoms with Crippen LogP contribution < -0.4 is 0 Å². The second-order valence-electron chi connectivity index (χ2n) is 19.2. The lowest BCUT2D eigenvalue weighted by molar-refractivity contribution is -0.167. The maximum absolute atomic E-state index is 12.8. The summed E-state index contributed by atoms with van der Waals surface area (Å²) in [4.78, 5) is 37.8. The topological polar surface area (TPSA) is 78.9 Å². The minimum atomic E-state index is -0.771. The van der Waals surface area contributed by atoms with Crippen molar-refractivity contribution in [1.82, 2.24) is 0 Å². The van der Waals surface area contributed by atoms with Crippen LogP contribution in [0.2, 0.25) is 0 Å². The van der Waals surface area contributed by atoms with Crippen LogP contribution >= 0.6 is 0 Å². The van der Waals surface area contributed by atoms with Crippen LogP contribution in [0.4, 0.5) is 0 Å². The molecular weight excluding hydrogens is 805 g/mol. The Morgan fingerprint density at radius 2 is 0.554 bits per heavy atom. The van der Waals surface area contributed by atoms with Gasteiger partial charge >= 0.3 is 17.9 Å². The Balaban J connectivity index is 4.10. The number of ether oxygens (including phenoxy) is 3. The number of unbranched alkanes of at least 4 members (excludes halogenated alkanes) is 35. The largest absolute Gasteiger partial charge is 0.462 e. The average molecular weight is 914 g/mol. The second-order valence-corrected chi connectivity index (χ2v) is 19.2. The van der Waals surface area contributed by atoms with Gasteiger partial charge in [-0.2, -0.15) is 0 Å². The van der Waals surface area contributed by atoms with Gasteiger partial charge in [-0.1, -0.05) is 263 Å². The van der Waals surface area contributed by atoms with Gasteiger partial charge in [0.25, 0.3) is 0 Å². The highest BCUT2D eigenvalue weighted by Crippen LogP contribution is 2.17. The van der Waals surface area contributed by atoms with Crippen LogP contribution in [0.3, 0.4) is 0 Å². The Kier molecular flexibility index (Phi) is 52.3. The van der Waals surface area contributed by atoms with Gasteiger partial charge in [0.15, 0.2) is 6.10 Å². The molecule has 0 aliphatic heterocycles. The molecule has 0 aliphatic carbocycles. The highest BCUT2D eigenvalue weighted by molar-refractivity contribution is 5.71. The van der Waals surface area contributed by atoms with E-state index in [9.17, 15) is 14.4 Å². The molecule has 0 N–H and O–H groups in total. The summed E-state index contributed by atoms with van der Waals surface area (Å²) in [6.07, 6.45) is 64.7. The predicted molar refractivity (Wildman–Crippen MR) is 279 cm³/mol. The van der Waals surface area contributed by atoms with Crippen molar-refractivity contribution in [1.29, 1.82) is 0 Å². The van der Waals surface area contributed by atoms with Gasteiger partial charge in [-0.15, -0.1) is 0 Å². The third-order valence-electron chi connectivity index (χ3n) is 12.6. The Labute approximate surface area is 404 Å². The second kappa shape index (κ2) is 54.2. The molecule has 6 heteroatoms. The van der Waals surface area contributed by atoms with Crippen molar-refractivity contribution in [2.45, 2.75) is 309 Å². The fourth-order valence-electron chi connectivity index (χ4n) is 8.33. The van der Waals surface area contributed by atoms with Gasteiger partial charge in [0.2, 0.25) is 0 Å². The van der Waals surface area contributed by atoms with Crippen molar-refractivity contribution in [2.75, 3.05) is 13.2 Å². The van der Waals surface area contributed by atoms with E-state index in [1.165, 1.54) is 180 Å². The molecule has 0 saturated heterocycles. The average Bonchev–Trinajstić information content (AvgIpc) is 3.30. The zero-order valence-corrected chi connectivity index (χ0v) is 43.5. The molecule has 0 rings (SSSR count). The third kappa shape index (κ3) is 52.5. The fraction of sp³-hybridized carbons (Fsp3) is 0.847. The van der Waals surface area contributed by atoms with E-state index >= 15 is 0 Å². The summed E-state index contributed by atoms with van der Waals surface area (Å²) in [6, 6.07) is 0. The molecule has 1 unspecified atom stereocenters. The summed E-state index contributed by atoms with van der Waals surface area (Å²) in [5, 5.41) is 0. The smallest absolute Gasteiger partial charge is 0.306 e. The quantitative estimate of drug-likeness (QED) is 0.0262. The number of allylic oxidation sites excluding steroid dienone is 6. The Morgan fingerprint density at radius 3 is 0.862 bits per heavy atom. The van der Waals surface area contributed by atoms with Crippen LogP contribution in [-0.2, 0) is 28.6 Å². The van der Waals surface area contributed by atoms with Crippen LogP contribution in [0, 0.1) is 0 Å². The molecule has 0 amide bonds. The first kappa shape index (κ1) is 62.6. The first-order valence-electron chi connectivity index (χ1n) is 28.5. The van der Waals surface area contributed by atoms with Crippen molar-refractivity contribution in [3.63, 3.8) is 0 Å². The minimum Gasteiger partial charge on any atom is -0.462 e. The van der Waals surface area contributed by atoms with Crippen LogP contribution in [0.5, 0.6) is 0 Å². The van der Waals surface area contributed by atoms with E-state index in [0.717, 1.165) is 83.5 Å². The summed E-state index contributed by atoms with van der Waals surface area (Å²) >= 11 is 0. The van der Waals surface area contributed by atoms with Gasteiger partial charge in [0, 0.05) is 19.3 Å². The van der Waals surface area contributed by atoms with Crippen molar-refractivity contribution in [3.05, 3.63) is 36.5 Å². The molecule has 380 valence electrons. The number of rotatable bonds is 52. The summed E-state index contributed by atoms with van der Waals surface area (Å²) < 4.78 is 16.7. The van der Waals surface area contributed by atoms with Crippen LogP contribution in [0.15, 0.2) is 36.5 Å². The van der Waals surface area contributed by atoms with E-state index in [1.807, 2.05) is 0 Å². The standard InChI is InChI=1S/C59H108O6/c1-4-7-10-13-15-17-19-21-23-25-27-29-31-33-35-37-39-41-43-46-49-52-58(61)64-55-56(54-63-57(60)51-48-45-12-9-6-3)65-59(62)53-50-47-44-42-40-38-36-34-32-30-28-26-24-22-20-18-16-14-11-8-5-2/h19,21,25,27,31,33,56H,4-18,20,22-24,26,28-30,32,34-55H2,1-3H3/b21-19-,27-25-,33-31-. The molecule has 0 aromatic rings. The van der Waals surface area contributed by atoms with E-state index in [0.29, 0.717) is 19.3 Å². The predicted octanol–water partition coefficient (Wildman–Crippen LogP) is 18.9. The lowest BCUT2D eigenvalue weighted by Gasteiger charge is -2.18. The Bertz CT molecular complexity index is 1090. The van der Waals surface area contributed by atoms with E-state index in [1.54, 1.807) is 0 Å². The van der Waals surface area contributed by atoms with E-state index in [2.05, 4.69) is 57.2 Å². The number of carbonyl (C=O) groups excluding carboxylic acids is 3. The molecule has 1 atom stereocenters. The van der Waals surface area contributed by atoms with Gasteiger partial charge in [-0.3, -0.25) is 14.4 Å². The van der Waals surface area contributed by atoms with Crippen LogP contribution in [-0.4, -0.2) is 37.2 Å². The number of carbonyl (C=O) groups is 3. The molecule has 0 aromatic heterocycles. The van der Waals surface area contributed by atoms with E-state index in [4.69, 9.17) is 14.2 Å². The van der Waals surface area contributed by atoms with Gasteiger partial charge in [-0.05, 0) is 57.8 Å². The van der Waals surface area contributed by atoms with Crippen molar-refractivity contribution >= 4 is 17.9 Å². The third-order valence-corrected chi connectivity index (χ3v) is 12.6. The molecule has 0 aliphatic rings. The lowest BCUT2D eigenvalue weighted by Crippen LogP contribution is -2.30. The lowest BCUT2D eigenvalue weighted by atomic mass is 10.0. The number of hydrogen-bond donors (Lipinski definition) is 0. The molecule has 0 bridgehead atoms. The first-order chi connectivity index (χ1) is 32.0. The van der Waals surface area contributed by atoms with Gasteiger partial charge in [-0.25, -0.2) is 0 Å². The zero-order chi connectivity index (χ0) is 47.2. The Morgan fingerprint density at radius 1 is 0.308 bits per heavy atom. The maximum atomic E-state index is 12.8. The zero-order valence-electron chi connectivity index (χ0n) is 43.5. The van der Waals surface area contributed by atoms with Crippen molar-refractivity contribution < 1.29 is 28.6 Å². The molecule has 0 radical (unpaired) electrons. The first-order valence-corrected chi connectivity index (χ1v) is 28.5. The van der Waals surface area contributed by atoms with E-state index in [-0.39, 0.29) is 31.1 Å². The summed E-state index contributed by atoms with van der Waals surface area (Å²) in [5.41, 5.74) is 0. The van der Waals surface area contributed by atoms with E-state index < -0.39 is 6.10 Å². The van der Waals surface area contributed by atoms with Crippen LogP contribution in [0.1, 0.15) is 303 Å². The van der Waals surface area contributed by atoms with Crippen molar-refractivity contribution in [3.8, 4) is 0 Å². The van der Waals surface area contributed by atoms with Gasteiger partial charge < -0.3 is 14.2 Å². The SMILES string of the molecule is CCCCCCC/C=C\C/C=C\C/C=C\CCCCCCCCC(=O)OCC(COC(=O)CCCCCCC)OC(=O)CCCCCCCCCCCCCCCCCCCCCCC. The minimum absolute atomic E-state index is 0.0744. The Hall–Kier alpha value is -2.37. The van der Waals surface area contributed by atoms with Crippen LogP contribution in [0.25, 0.3) is 0 Å². The molecule has 0 spiro atoms. The number of esters is 3. The monoisotopic (exact) mass is 913 g/mol. The molecule has 0 fully saturated rings. The molecule has 65 heavy (non-hydrogen) atoms. The summed E-state index contributed by atoms with van der Waals surface area (Å²) in [5.74, 6) is -0.886. The normalized spacial score (nSPS) is 12.2. The summed E-state index contributed by atoms with van der Waals surface area (Å²) in [7, 11) is 0. The highest BCUT2D eigenvalue weighted by Gasteiger charge is 2.19.